The third-order valence-corrected chi connectivity index (χ3v) is 4.74. The highest BCUT2D eigenvalue weighted by Gasteiger charge is 2.70. The number of hydrogen-bond donors (Lipinski definition) is 0. The molecule has 1 aromatic carbocycles. The molecule has 2 amide bonds. The van der Waals surface area contributed by atoms with Crippen molar-refractivity contribution >= 4 is 17.5 Å². The number of carbonyl (C=O) groups excluding carboxylic acids is 2. The molecule has 0 aromatic heterocycles. The highest BCUT2D eigenvalue weighted by atomic mass is 16.5. The van der Waals surface area contributed by atoms with Crippen molar-refractivity contribution in [3.8, 4) is 0 Å². The van der Waals surface area contributed by atoms with Crippen LogP contribution in [0, 0.1) is 11.8 Å². The number of rotatable bonds is 1. The Bertz CT molecular complexity index is 617. The van der Waals surface area contributed by atoms with Crippen molar-refractivity contribution in [2.45, 2.75) is 25.0 Å². The van der Waals surface area contributed by atoms with Crippen molar-refractivity contribution in [3.63, 3.8) is 0 Å². The SMILES string of the molecule is C[C@]12C=C[C@](C)(O1)[C@@H]1C(=O)N(c3ccccc3)C(=O)[C@H]12. The minimum atomic E-state index is -0.657. The van der Waals surface area contributed by atoms with Gasteiger partial charge in [-0.25, -0.2) is 4.90 Å². The van der Waals surface area contributed by atoms with Crippen LogP contribution in [0.15, 0.2) is 42.5 Å². The number of anilines is 1. The van der Waals surface area contributed by atoms with Crippen LogP contribution in [-0.2, 0) is 14.3 Å². The van der Waals surface area contributed by atoms with Crippen molar-refractivity contribution in [1.29, 1.82) is 0 Å². The number of nitrogens with zero attached hydrogens (tertiary/aromatic N) is 1. The zero-order valence-electron chi connectivity index (χ0n) is 11.4. The molecule has 2 fully saturated rings. The van der Waals surface area contributed by atoms with Gasteiger partial charge in [-0.3, -0.25) is 9.59 Å². The Hall–Kier alpha value is -1.94. The number of benzene rings is 1. The smallest absolute Gasteiger partial charge is 0.241 e. The van der Waals surface area contributed by atoms with Crippen LogP contribution >= 0.6 is 0 Å². The van der Waals surface area contributed by atoms with Crippen LogP contribution in [0.2, 0.25) is 0 Å². The standard InChI is InChI=1S/C16H15NO3/c1-15-8-9-16(2,20-15)12-11(15)13(18)17(14(12)19)10-6-4-3-5-7-10/h3-9,11-12H,1-2H3/t11-,12-,15-,16+/m0/s1. The summed E-state index contributed by atoms with van der Waals surface area (Å²) in [6.45, 7) is 3.78. The fraction of sp³-hybridized carbons (Fsp3) is 0.375. The Morgan fingerprint density at radius 3 is 1.95 bits per heavy atom. The van der Waals surface area contributed by atoms with E-state index in [1.807, 2.05) is 44.2 Å². The molecule has 3 heterocycles. The van der Waals surface area contributed by atoms with Gasteiger partial charge in [0.05, 0.1) is 28.7 Å². The molecule has 0 unspecified atom stereocenters. The van der Waals surface area contributed by atoms with Crippen molar-refractivity contribution < 1.29 is 14.3 Å². The summed E-state index contributed by atoms with van der Waals surface area (Å²) in [5.74, 6) is -1.13. The lowest BCUT2D eigenvalue weighted by Crippen LogP contribution is -2.39. The molecule has 3 aliphatic heterocycles. The molecule has 3 aliphatic rings. The fourth-order valence-electron chi connectivity index (χ4n) is 3.86. The predicted octanol–water partition coefficient (Wildman–Crippen LogP) is 1.91. The molecule has 0 aliphatic carbocycles. The number of fused-ring (bicyclic) bond motifs is 5. The van der Waals surface area contributed by atoms with E-state index in [1.54, 1.807) is 12.1 Å². The molecule has 2 bridgehead atoms. The van der Waals surface area contributed by atoms with Crippen LogP contribution in [0.4, 0.5) is 5.69 Å². The third-order valence-electron chi connectivity index (χ3n) is 4.74. The summed E-state index contributed by atoms with van der Waals surface area (Å²) < 4.78 is 5.96. The molecule has 4 atom stereocenters. The van der Waals surface area contributed by atoms with E-state index >= 15 is 0 Å². The molecule has 0 spiro atoms. The summed E-state index contributed by atoms with van der Waals surface area (Å²) in [6, 6.07) is 9.11. The molecule has 4 heteroatoms. The van der Waals surface area contributed by atoms with Crippen LogP contribution in [0.25, 0.3) is 0 Å². The first-order valence-corrected chi connectivity index (χ1v) is 6.80. The zero-order chi connectivity index (χ0) is 14.1. The summed E-state index contributed by atoms with van der Waals surface area (Å²) in [7, 11) is 0. The molecular weight excluding hydrogens is 254 g/mol. The van der Waals surface area contributed by atoms with E-state index in [0.717, 1.165) is 0 Å². The Balaban J connectivity index is 1.83. The monoisotopic (exact) mass is 269 g/mol. The van der Waals surface area contributed by atoms with Gasteiger partial charge in [-0.05, 0) is 26.0 Å². The summed E-state index contributed by atoms with van der Waals surface area (Å²) >= 11 is 0. The van der Waals surface area contributed by atoms with E-state index in [9.17, 15) is 9.59 Å². The number of carbonyl (C=O) groups is 2. The van der Waals surface area contributed by atoms with E-state index < -0.39 is 23.0 Å². The average molecular weight is 269 g/mol. The maximum atomic E-state index is 12.7. The van der Waals surface area contributed by atoms with Gasteiger partial charge in [0.25, 0.3) is 0 Å². The summed E-state index contributed by atoms with van der Waals surface area (Å²) in [6.07, 6.45) is 3.85. The molecule has 1 aromatic rings. The second-order valence-corrected chi connectivity index (χ2v) is 6.11. The van der Waals surface area contributed by atoms with E-state index in [0.29, 0.717) is 5.69 Å². The predicted molar refractivity (Wildman–Crippen MR) is 73.0 cm³/mol. The average Bonchev–Trinajstić information content (AvgIpc) is 2.96. The van der Waals surface area contributed by atoms with E-state index in [1.165, 1.54) is 4.90 Å². The normalized spacial score (nSPS) is 41.6. The highest BCUT2D eigenvalue weighted by Crippen LogP contribution is 2.57. The molecule has 2 saturated heterocycles. The number of hydrogen-bond acceptors (Lipinski definition) is 3. The molecular formula is C16H15NO3. The van der Waals surface area contributed by atoms with Gasteiger partial charge in [0.2, 0.25) is 11.8 Å². The van der Waals surface area contributed by atoms with Crippen LogP contribution in [0.5, 0.6) is 0 Å². The van der Waals surface area contributed by atoms with Gasteiger partial charge < -0.3 is 4.74 Å². The Morgan fingerprint density at radius 1 is 0.950 bits per heavy atom. The van der Waals surface area contributed by atoms with E-state index in [-0.39, 0.29) is 11.8 Å². The lowest BCUT2D eigenvalue weighted by molar-refractivity contribution is -0.128. The molecule has 20 heavy (non-hydrogen) atoms. The molecule has 0 saturated carbocycles. The fourth-order valence-corrected chi connectivity index (χ4v) is 3.86. The van der Waals surface area contributed by atoms with E-state index in [2.05, 4.69) is 0 Å². The van der Waals surface area contributed by atoms with Gasteiger partial charge in [-0.15, -0.1) is 0 Å². The highest BCUT2D eigenvalue weighted by molar-refractivity contribution is 6.23. The minimum absolute atomic E-state index is 0.151. The minimum Gasteiger partial charge on any atom is -0.359 e. The second-order valence-electron chi connectivity index (χ2n) is 6.11. The third kappa shape index (κ3) is 1.20. The van der Waals surface area contributed by atoms with E-state index in [4.69, 9.17) is 4.74 Å². The summed E-state index contributed by atoms with van der Waals surface area (Å²) in [5.41, 5.74) is -0.672. The topological polar surface area (TPSA) is 46.6 Å². The number of amides is 2. The maximum Gasteiger partial charge on any atom is 0.241 e. The quantitative estimate of drug-likeness (QED) is 0.578. The molecule has 4 nitrogen and oxygen atoms in total. The Morgan fingerprint density at radius 2 is 1.45 bits per heavy atom. The van der Waals surface area contributed by atoms with Crippen LogP contribution < -0.4 is 4.90 Å². The van der Waals surface area contributed by atoms with Gasteiger partial charge in [-0.1, -0.05) is 30.4 Å². The molecule has 102 valence electrons. The van der Waals surface area contributed by atoms with Crippen molar-refractivity contribution in [1.82, 2.24) is 0 Å². The summed E-state index contributed by atoms with van der Waals surface area (Å²) in [5, 5.41) is 0. The van der Waals surface area contributed by atoms with Crippen molar-refractivity contribution in [3.05, 3.63) is 42.5 Å². The molecule has 0 N–H and O–H groups in total. The molecule has 4 rings (SSSR count). The van der Waals surface area contributed by atoms with Crippen LogP contribution in [-0.4, -0.2) is 23.0 Å². The first kappa shape index (κ1) is 11.9. The molecule has 0 radical (unpaired) electrons. The van der Waals surface area contributed by atoms with Gasteiger partial charge in [-0.2, -0.15) is 0 Å². The maximum absolute atomic E-state index is 12.7. The van der Waals surface area contributed by atoms with Crippen LogP contribution in [0.1, 0.15) is 13.8 Å². The zero-order valence-corrected chi connectivity index (χ0v) is 11.4. The number of imide groups is 1. The Kier molecular flexibility index (Phi) is 2.01. The van der Waals surface area contributed by atoms with Gasteiger partial charge in [0.15, 0.2) is 0 Å². The lowest BCUT2D eigenvalue weighted by atomic mass is 9.73. The number of ether oxygens (including phenoxy) is 1. The van der Waals surface area contributed by atoms with Crippen molar-refractivity contribution in [2.75, 3.05) is 4.90 Å². The summed E-state index contributed by atoms with van der Waals surface area (Å²) in [4.78, 5) is 26.8. The van der Waals surface area contributed by atoms with Gasteiger partial charge >= 0.3 is 0 Å². The Labute approximate surface area is 117 Å². The first-order valence-electron chi connectivity index (χ1n) is 6.80. The first-order chi connectivity index (χ1) is 9.46. The van der Waals surface area contributed by atoms with Crippen molar-refractivity contribution in [2.24, 2.45) is 11.8 Å². The lowest BCUT2D eigenvalue weighted by Gasteiger charge is -2.25. The van der Waals surface area contributed by atoms with Gasteiger partial charge in [0.1, 0.15) is 0 Å². The van der Waals surface area contributed by atoms with Crippen LogP contribution in [0.3, 0.4) is 0 Å². The van der Waals surface area contributed by atoms with Gasteiger partial charge in [0, 0.05) is 0 Å². The second kappa shape index (κ2) is 3.38. The largest absolute Gasteiger partial charge is 0.359 e. The number of para-hydroxylation sites is 1.